The van der Waals surface area contributed by atoms with Crippen LogP contribution in [0, 0.1) is 17.8 Å². The van der Waals surface area contributed by atoms with Crippen molar-refractivity contribution in [2.24, 2.45) is 17.8 Å². The zero-order chi connectivity index (χ0) is 16.8. The molecule has 0 aliphatic heterocycles. The van der Waals surface area contributed by atoms with Crippen LogP contribution in [0.2, 0.25) is 0 Å². The predicted octanol–water partition coefficient (Wildman–Crippen LogP) is 3.97. The molecule has 1 aliphatic carbocycles. The van der Waals surface area contributed by atoms with Crippen LogP contribution in [0.1, 0.15) is 39.5 Å². The average molecular weight is 381 g/mol. The van der Waals surface area contributed by atoms with Gasteiger partial charge in [-0.1, -0.05) is 29.8 Å². The lowest BCUT2D eigenvalue weighted by molar-refractivity contribution is -0.128. The largest absolute Gasteiger partial charge is 0.356 e. The van der Waals surface area contributed by atoms with E-state index in [0.717, 1.165) is 42.4 Å². The van der Waals surface area contributed by atoms with Gasteiger partial charge in [0.15, 0.2) is 0 Å². The molecule has 0 unspecified atom stereocenters. The lowest BCUT2D eigenvalue weighted by Crippen LogP contribution is -2.36. The van der Waals surface area contributed by atoms with Crippen molar-refractivity contribution in [1.29, 1.82) is 0 Å². The van der Waals surface area contributed by atoms with E-state index in [1.54, 1.807) is 0 Å². The topological polar surface area (TPSA) is 58.2 Å². The maximum Gasteiger partial charge on any atom is 0.227 e. The second-order valence-corrected chi connectivity index (χ2v) is 7.60. The van der Waals surface area contributed by atoms with E-state index < -0.39 is 0 Å². The summed E-state index contributed by atoms with van der Waals surface area (Å²) in [5.74, 6) is 0.740. The third-order valence-electron chi connectivity index (χ3n) is 4.27. The summed E-state index contributed by atoms with van der Waals surface area (Å²) in [6.45, 7) is 4.90. The van der Waals surface area contributed by atoms with E-state index in [0.29, 0.717) is 5.92 Å². The molecule has 0 atom stereocenters. The third-order valence-corrected chi connectivity index (χ3v) is 4.79. The van der Waals surface area contributed by atoms with Crippen molar-refractivity contribution in [3.63, 3.8) is 0 Å². The summed E-state index contributed by atoms with van der Waals surface area (Å²) in [5.41, 5.74) is 0.815. The van der Waals surface area contributed by atoms with Gasteiger partial charge in [0, 0.05) is 28.5 Å². The van der Waals surface area contributed by atoms with Gasteiger partial charge in [0.1, 0.15) is 0 Å². The zero-order valence-electron chi connectivity index (χ0n) is 13.8. The molecule has 126 valence electrons. The van der Waals surface area contributed by atoms with Crippen molar-refractivity contribution >= 4 is 33.4 Å². The highest BCUT2D eigenvalue weighted by molar-refractivity contribution is 9.10. The molecule has 1 fully saturated rings. The Morgan fingerprint density at radius 2 is 1.57 bits per heavy atom. The number of amides is 2. The number of hydrogen-bond donors (Lipinski definition) is 2. The van der Waals surface area contributed by atoms with E-state index in [9.17, 15) is 9.59 Å². The normalized spacial score (nSPS) is 21.0. The van der Waals surface area contributed by atoms with E-state index >= 15 is 0 Å². The fraction of sp³-hybridized carbons (Fsp3) is 0.556. The molecule has 0 saturated heterocycles. The van der Waals surface area contributed by atoms with Gasteiger partial charge in [-0.2, -0.15) is 0 Å². The third kappa shape index (κ3) is 5.65. The first-order chi connectivity index (χ1) is 11.0. The van der Waals surface area contributed by atoms with Gasteiger partial charge in [0.2, 0.25) is 11.8 Å². The van der Waals surface area contributed by atoms with E-state index in [2.05, 4.69) is 40.4 Å². The number of nitrogens with one attached hydrogen (secondary N) is 2. The second-order valence-electron chi connectivity index (χ2n) is 6.68. The molecule has 1 saturated carbocycles. The Morgan fingerprint density at radius 3 is 2.09 bits per heavy atom. The monoisotopic (exact) mass is 380 g/mol. The van der Waals surface area contributed by atoms with Crippen molar-refractivity contribution in [2.75, 3.05) is 11.9 Å². The first kappa shape index (κ1) is 18.0. The molecule has 2 rings (SSSR count). The Morgan fingerprint density at radius 1 is 1.04 bits per heavy atom. The highest BCUT2D eigenvalue weighted by Gasteiger charge is 2.29. The van der Waals surface area contributed by atoms with Crippen LogP contribution in [-0.2, 0) is 9.59 Å². The average Bonchev–Trinajstić information content (AvgIpc) is 2.55. The van der Waals surface area contributed by atoms with Gasteiger partial charge in [0.05, 0.1) is 0 Å². The van der Waals surface area contributed by atoms with E-state index in [1.165, 1.54) is 0 Å². The number of halogens is 1. The molecule has 0 spiro atoms. The molecule has 0 bridgehead atoms. The summed E-state index contributed by atoms with van der Waals surface area (Å²) in [5, 5.41) is 5.96. The first-order valence-electron chi connectivity index (χ1n) is 8.30. The van der Waals surface area contributed by atoms with Crippen LogP contribution in [-0.4, -0.2) is 18.4 Å². The predicted molar refractivity (Wildman–Crippen MR) is 96.1 cm³/mol. The van der Waals surface area contributed by atoms with Gasteiger partial charge in [-0.05, 0) is 55.9 Å². The van der Waals surface area contributed by atoms with Gasteiger partial charge >= 0.3 is 0 Å². The molecule has 2 N–H and O–H groups in total. The number of rotatable bonds is 5. The number of benzene rings is 1. The smallest absolute Gasteiger partial charge is 0.227 e. The highest BCUT2D eigenvalue weighted by Crippen LogP contribution is 2.30. The van der Waals surface area contributed by atoms with Crippen LogP contribution in [0.5, 0.6) is 0 Å². The zero-order valence-corrected chi connectivity index (χ0v) is 15.4. The molecule has 0 radical (unpaired) electrons. The quantitative estimate of drug-likeness (QED) is 0.811. The Bertz CT molecular complexity index is 534. The molecule has 1 aromatic carbocycles. The molecule has 1 aliphatic rings. The van der Waals surface area contributed by atoms with Crippen LogP contribution in [0.25, 0.3) is 0 Å². The lowest BCUT2D eigenvalue weighted by atomic mass is 9.81. The van der Waals surface area contributed by atoms with Gasteiger partial charge in [-0.25, -0.2) is 0 Å². The molecule has 23 heavy (non-hydrogen) atoms. The van der Waals surface area contributed by atoms with Gasteiger partial charge in [0.25, 0.3) is 0 Å². The Kier molecular flexibility index (Phi) is 6.63. The van der Waals surface area contributed by atoms with Crippen molar-refractivity contribution in [1.82, 2.24) is 5.32 Å². The maximum absolute atomic E-state index is 12.3. The van der Waals surface area contributed by atoms with E-state index in [4.69, 9.17) is 0 Å². The van der Waals surface area contributed by atoms with Crippen LogP contribution in [0.15, 0.2) is 28.7 Å². The summed E-state index contributed by atoms with van der Waals surface area (Å²) in [6.07, 6.45) is 3.15. The number of carbonyl (C=O) groups is 2. The summed E-state index contributed by atoms with van der Waals surface area (Å²) in [4.78, 5) is 24.4. The minimum atomic E-state index is 0.00722. The molecule has 0 aromatic heterocycles. The first-order valence-corrected chi connectivity index (χ1v) is 9.09. The standard InChI is InChI=1S/C18H25BrN2O2/c1-12(2)11-20-17(22)13-3-5-14(6-4-13)18(23)21-16-9-7-15(19)8-10-16/h7-10,12-14H,3-6,11H2,1-2H3,(H,20,22)(H,21,23). The molecule has 4 nitrogen and oxygen atoms in total. The number of anilines is 1. The van der Waals surface area contributed by atoms with Gasteiger partial charge in [-0.3, -0.25) is 9.59 Å². The number of carbonyl (C=O) groups excluding carboxylic acids is 2. The van der Waals surface area contributed by atoms with Gasteiger partial charge < -0.3 is 10.6 Å². The van der Waals surface area contributed by atoms with Crippen molar-refractivity contribution < 1.29 is 9.59 Å². The molecule has 5 heteroatoms. The molecule has 0 heterocycles. The minimum absolute atomic E-state index is 0.00722. The molecular weight excluding hydrogens is 356 g/mol. The summed E-state index contributed by atoms with van der Waals surface area (Å²) >= 11 is 3.38. The Balaban J connectivity index is 1.78. The fourth-order valence-corrected chi connectivity index (χ4v) is 3.11. The highest BCUT2D eigenvalue weighted by atomic mass is 79.9. The van der Waals surface area contributed by atoms with Crippen molar-refractivity contribution in [3.8, 4) is 0 Å². The van der Waals surface area contributed by atoms with Crippen LogP contribution >= 0.6 is 15.9 Å². The molecular formula is C18H25BrN2O2. The van der Waals surface area contributed by atoms with Crippen molar-refractivity contribution in [3.05, 3.63) is 28.7 Å². The molecule has 1 aromatic rings. The van der Waals surface area contributed by atoms with Crippen LogP contribution in [0.3, 0.4) is 0 Å². The van der Waals surface area contributed by atoms with E-state index in [-0.39, 0.29) is 23.7 Å². The van der Waals surface area contributed by atoms with Crippen LogP contribution < -0.4 is 10.6 Å². The van der Waals surface area contributed by atoms with E-state index in [1.807, 2.05) is 24.3 Å². The molecule has 2 amide bonds. The number of hydrogen-bond acceptors (Lipinski definition) is 2. The summed E-state index contributed by atoms with van der Waals surface area (Å²) in [7, 11) is 0. The lowest BCUT2D eigenvalue weighted by Gasteiger charge is -2.27. The van der Waals surface area contributed by atoms with Crippen molar-refractivity contribution in [2.45, 2.75) is 39.5 Å². The minimum Gasteiger partial charge on any atom is -0.356 e. The Hall–Kier alpha value is -1.36. The fourth-order valence-electron chi connectivity index (χ4n) is 2.84. The Labute approximate surface area is 146 Å². The summed E-state index contributed by atoms with van der Waals surface area (Å²) < 4.78 is 0.989. The second kappa shape index (κ2) is 8.48. The van der Waals surface area contributed by atoms with Gasteiger partial charge in [-0.15, -0.1) is 0 Å². The SMILES string of the molecule is CC(C)CNC(=O)C1CCC(C(=O)Nc2ccc(Br)cc2)CC1. The van der Waals surface area contributed by atoms with Crippen LogP contribution in [0.4, 0.5) is 5.69 Å². The summed E-state index contributed by atoms with van der Waals surface area (Å²) in [6, 6.07) is 7.58. The maximum atomic E-state index is 12.3.